The number of hydrogen-bond acceptors (Lipinski definition) is 2. The van der Waals surface area contributed by atoms with Gasteiger partial charge in [-0.25, -0.2) is 4.39 Å². The molecular formula is C12H18FNS. The van der Waals surface area contributed by atoms with Gasteiger partial charge in [0.15, 0.2) is 0 Å². The highest BCUT2D eigenvalue weighted by Crippen LogP contribution is 2.16. The van der Waals surface area contributed by atoms with Crippen molar-refractivity contribution in [2.45, 2.75) is 32.2 Å². The fourth-order valence-corrected chi connectivity index (χ4v) is 1.95. The third-order valence-corrected chi connectivity index (χ3v) is 2.77. The first-order chi connectivity index (χ1) is 7.13. The van der Waals surface area contributed by atoms with Crippen LogP contribution >= 0.6 is 11.8 Å². The Hall–Kier alpha value is -0.540. The second-order valence-electron chi connectivity index (χ2n) is 3.88. The van der Waals surface area contributed by atoms with Crippen LogP contribution in [0.2, 0.25) is 0 Å². The van der Waals surface area contributed by atoms with Crippen molar-refractivity contribution in [3.8, 4) is 0 Å². The van der Waals surface area contributed by atoms with Gasteiger partial charge in [-0.2, -0.15) is 11.8 Å². The summed E-state index contributed by atoms with van der Waals surface area (Å²) in [6.07, 6.45) is 2.03. The summed E-state index contributed by atoms with van der Waals surface area (Å²) in [7, 11) is 0. The number of hydrogen-bond donors (Lipinski definition) is 1. The number of rotatable bonds is 5. The summed E-state index contributed by atoms with van der Waals surface area (Å²) in [5.41, 5.74) is 2.29. The maximum Gasteiger partial charge on any atom is 0.123 e. The fourth-order valence-electron chi connectivity index (χ4n) is 1.37. The molecule has 0 aromatic heterocycles. The molecule has 1 aromatic rings. The van der Waals surface area contributed by atoms with Crippen LogP contribution in [-0.2, 0) is 12.3 Å². The van der Waals surface area contributed by atoms with E-state index in [4.69, 9.17) is 0 Å². The van der Waals surface area contributed by atoms with E-state index in [1.807, 2.05) is 12.3 Å². The Labute approximate surface area is 95.5 Å². The van der Waals surface area contributed by atoms with Gasteiger partial charge < -0.3 is 5.32 Å². The molecule has 0 aliphatic carbocycles. The number of nitrogens with one attached hydrogen (secondary N) is 1. The molecule has 0 aliphatic heterocycles. The number of halogens is 1. The predicted octanol–water partition coefficient (Wildman–Crippen LogP) is 3.19. The summed E-state index contributed by atoms with van der Waals surface area (Å²) in [6.45, 7) is 5.03. The van der Waals surface area contributed by atoms with E-state index >= 15 is 0 Å². The molecule has 84 valence electrons. The van der Waals surface area contributed by atoms with Gasteiger partial charge in [0.1, 0.15) is 5.82 Å². The highest BCUT2D eigenvalue weighted by molar-refractivity contribution is 7.97. The van der Waals surface area contributed by atoms with Crippen molar-refractivity contribution < 1.29 is 4.39 Å². The highest BCUT2D eigenvalue weighted by atomic mass is 32.2. The molecule has 0 unspecified atom stereocenters. The van der Waals surface area contributed by atoms with Gasteiger partial charge in [0.2, 0.25) is 0 Å². The molecule has 0 fully saturated rings. The van der Waals surface area contributed by atoms with Crippen molar-refractivity contribution in [3.63, 3.8) is 0 Å². The van der Waals surface area contributed by atoms with Crippen LogP contribution in [0.5, 0.6) is 0 Å². The Morgan fingerprint density at radius 2 is 2.07 bits per heavy atom. The maximum atomic E-state index is 13.0. The van der Waals surface area contributed by atoms with Crippen LogP contribution in [-0.4, -0.2) is 12.3 Å². The van der Waals surface area contributed by atoms with Crippen molar-refractivity contribution in [2.75, 3.05) is 6.26 Å². The molecule has 0 saturated heterocycles. The molecule has 1 nitrogen and oxygen atoms in total. The van der Waals surface area contributed by atoms with Gasteiger partial charge in [0.25, 0.3) is 0 Å². The zero-order valence-electron chi connectivity index (χ0n) is 9.51. The summed E-state index contributed by atoms with van der Waals surface area (Å²) in [5, 5.41) is 3.35. The standard InChI is InChI=1S/C12H18FNS/c1-9(2)14-7-10-4-5-12(13)6-11(10)8-15-3/h4-6,9,14H,7-8H2,1-3H3. The average molecular weight is 227 g/mol. The SMILES string of the molecule is CSCc1cc(F)ccc1CNC(C)C. The first kappa shape index (κ1) is 12.5. The number of thioether (sulfide) groups is 1. The van der Waals surface area contributed by atoms with Crippen molar-refractivity contribution in [3.05, 3.63) is 35.1 Å². The van der Waals surface area contributed by atoms with Gasteiger partial charge in [0, 0.05) is 18.3 Å². The van der Waals surface area contributed by atoms with Crippen LogP contribution in [0.15, 0.2) is 18.2 Å². The van der Waals surface area contributed by atoms with Gasteiger partial charge in [-0.3, -0.25) is 0 Å². The van der Waals surface area contributed by atoms with Crippen LogP contribution < -0.4 is 5.32 Å². The monoisotopic (exact) mass is 227 g/mol. The molecule has 0 amide bonds. The maximum absolute atomic E-state index is 13.0. The van der Waals surface area contributed by atoms with Crippen LogP contribution in [0.1, 0.15) is 25.0 Å². The van der Waals surface area contributed by atoms with E-state index < -0.39 is 0 Å². The van der Waals surface area contributed by atoms with Crippen LogP contribution in [0.4, 0.5) is 4.39 Å². The Kier molecular flexibility index (Phi) is 5.12. The van der Waals surface area contributed by atoms with E-state index in [-0.39, 0.29) is 5.82 Å². The molecule has 0 aliphatic rings. The van der Waals surface area contributed by atoms with Crippen LogP contribution in [0.25, 0.3) is 0 Å². The minimum absolute atomic E-state index is 0.146. The third kappa shape index (κ3) is 4.22. The van der Waals surface area contributed by atoms with Crippen LogP contribution in [0, 0.1) is 5.82 Å². The van der Waals surface area contributed by atoms with Crippen LogP contribution in [0.3, 0.4) is 0 Å². The first-order valence-electron chi connectivity index (χ1n) is 5.13. The van der Waals surface area contributed by atoms with E-state index in [0.717, 1.165) is 17.9 Å². The van der Waals surface area contributed by atoms with Gasteiger partial charge in [-0.05, 0) is 29.5 Å². The summed E-state index contributed by atoms with van der Waals surface area (Å²) in [6, 6.07) is 5.49. The summed E-state index contributed by atoms with van der Waals surface area (Å²) in [4.78, 5) is 0. The van der Waals surface area contributed by atoms with Crippen molar-refractivity contribution >= 4 is 11.8 Å². The van der Waals surface area contributed by atoms with E-state index in [9.17, 15) is 4.39 Å². The molecule has 0 atom stereocenters. The molecular weight excluding hydrogens is 209 g/mol. The van der Waals surface area contributed by atoms with Gasteiger partial charge in [-0.1, -0.05) is 19.9 Å². The first-order valence-corrected chi connectivity index (χ1v) is 6.52. The minimum Gasteiger partial charge on any atom is -0.310 e. The fraction of sp³-hybridized carbons (Fsp3) is 0.500. The van der Waals surface area contributed by atoms with Crippen molar-refractivity contribution in [2.24, 2.45) is 0 Å². The van der Waals surface area contributed by atoms with Gasteiger partial charge >= 0.3 is 0 Å². The molecule has 0 bridgehead atoms. The predicted molar refractivity (Wildman–Crippen MR) is 65.6 cm³/mol. The summed E-state index contributed by atoms with van der Waals surface area (Å²) >= 11 is 1.72. The second-order valence-corrected chi connectivity index (χ2v) is 4.75. The Bertz CT molecular complexity index is 312. The van der Waals surface area contributed by atoms with E-state index in [1.165, 1.54) is 11.6 Å². The lowest BCUT2D eigenvalue weighted by molar-refractivity contribution is 0.584. The van der Waals surface area contributed by atoms with E-state index in [2.05, 4.69) is 19.2 Å². The normalized spacial score (nSPS) is 11.0. The Morgan fingerprint density at radius 1 is 1.33 bits per heavy atom. The lowest BCUT2D eigenvalue weighted by Gasteiger charge is -2.12. The van der Waals surface area contributed by atoms with Crippen molar-refractivity contribution in [1.29, 1.82) is 0 Å². The van der Waals surface area contributed by atoms with E-state index in [1.54, 1.807) is 17.8 Å². The molecule has 0 saturated carbocycles. The largest absolute Gasteiger partial charge is 0.310 e. The Balaban J connectivity index is 2.76. The van der Waals surface area contributed by atoms with Gasteiger partial charge in [0.05, 0.1) is 0 Å². The molecule has 1 aromatic carbocycles. The lowest BCUT2D eigenvalue weighted by atomic mass is 10.1. The second kappa shape index (κ2) is 6.13. The molecule has 15 heavy (non-hydrogen) atoms. The zero-order chi connectivity index (χ0) is 11.3. The quantitative estimate of drug-likeness (QED) is 0.829. The molecule has 0 radical (unpaired) electrons. The zero-order valence-corrected chi connectivity index (χ0v) is 10.3. The summed E-state index contributed by atoms with van der Waals surface area (Å²) < 4.78 is 13.0. The van der Waals surface area contributed by atoms with Crippen molar-refractivity contribution in [1.82, 2.24) is 5.32 Å². The molecule has 1 rings (SSSR count). The van der Waals surface area contributed by atoms with E-state index in [0.29, 0.717) is 6.04 Å². The average Bonchev–Trinajstić information content (AvgIpc) is 2.17. The summed E-state index contributed by atoms with van der Waals surface area (Å²) in [5.74, 6) is 0.722. The number of benzene rings is 1. The molecule has 3 heteroatoms. The molecule has 0 spiro atoms. The third-order valence-electron chi connectivity index (χ3n) is 2.17. The topological polar surface area (TPSA) is 12.0 Å². The molecule has 1 N–H and O–H groups in total. The highest BCUT2D eigenvalue weighted by Gasteiger charge is 2.04. The van der Waals surface area contributed by atoms with Gasteiger partial charge in [-0.15, -0.1) is 0 Å². The minimum atomic E-state index is -0.146. The smallest absolute Gasteiger partial charge is 0.123 e. The molecule has 0 heterocycles. The lowest BCUT2D eigenvalue weighted by Crippen LogP contribution is -2.22. The Morgan fingerprint density at radius 3 is 2.67 bits per heavy atom.